The van der Waals surface area contributed by atoms with E-state index in [0.29, 0.717) is 0 Å². The summed E-state index contributed by atoms with van der Waals surface area (Å²) in [5.41, 5.74) is 1.83. The van der Waals surface area contributed by atoms with Gasteiger partial charge in [-0.25, -0.2) is 0 Å². The Kier molecular flexibility index (Phi) is 5.94. The summed E-state index contributed by atoms with van der Waals surface area (Å²) in [6, 6.07) is 15.7. The largest absolute Gasteiger partial charge is 0.481 e. The molecule has 0 aromatic heterocycles. The van der Waals surface area contributed by atoms with Crippen LogP contribution in [0.5, 0.6) is 5.75 Å². The fourth-order valence-corrected chi connectivity index (χ4v) is 2.76. The Morgan fingerprint density at radius 2 is 1.71 bits per heavy atom. The Hall–Kier alpha value is -1.94. The number of carbonyl (C=O) groups is 1. The van der Waals surface area contributed by atoms with E-state index >= 15 is 0 Å². The number of ether oxygens (including phenoxy) is 1. The lowest BCUT2D eigenvalue weighted by molar-refractivity contribution is -0.122. The molecule has 0 aliphatic rings. The third kappa shape index (κ3) is 4.78. The van der Waals surface area contributed by atoms with Gasteiger partial charge < -0.3 is 10.1 Å². The first kappa shape index (κ1) is 18.4. The molecule has 0 saturated carbocycles. The van der Waals surface area contributed by atoms with Gasteiger partial charge >= 0.3 is 0 Å². The second-order valence-corrected chi connectivity index (χ2v) is 7.60. The van der Waals surface area contributed by atoms with Gasteiger partial charge in [-0.2, -0.15) is 0 Å². The number of benzene rings is 2. The van der Waals surface area contributed by atoms with Crippen molar-refractivity contribution < 1.29 is 9.53 Å². The summed E-state index contributed by atoms with van der Waals surface area (Å²) in [7, 11) is 0. The third-order valence-electron chi connectivity index (χ3n) is 3.73. The Balaban J connectivity index is 2.06. The van der Waals surface area contributed by atoms with E-state index in [1.807, 2.05) is 54.8 Å². The van der Waals surface area contributed by atoms with Crippen LogP contribution in [0.3, 0.4) is 0 Å². The number of nitrogens with one attached hydrogen (secondary N) is 1. The van der Waals surface area contributed by atoms with Crippen LogP contribution >= 0.6 is 11.8 Å². The van der Waals surface area contributed by atoms with E-state index in [0.717, 1.165) is 21.9 Å². The van der Waals surface area contributed by atoms with Crippen LogP contribution < -0.4 is 10.1 Å². The standard InChI is InChI=1S/C20H25NO2S/c1-14(19(22)21-15-10-12-16(24-5)13-11-15)23-18-9-7-6-8-17(18)20(2,3)4/h6-14H,1-5H3,(H,21,22). The first-order valence-corrected chi connectivity index (χ1v) is 9.25. The van der Waals surface area contributed by atoms with Gasteiger partial charge in [0, 0.05) is 10.6 Å². The summed E-state index contributed by atoms with van der Waals surface area (Å²) in [4.78, 5) is 13.6. The van der Waals surface area contributed by atoms with Crippen LogP contribution in [-0.2, 0) is 10.2 Å². The second-order valence-electron chi connectivity index (χ2n) is 6.72. The van der Waals surface area contributed by atoms with E-state index in [1.54, 1.807) is 18.7 Å². The number of hydrogen-bond acceptors (Lipinski definition) is 3. The van der Waals surface area contributed by atoms with Crippen molar-refractivity contribution in [3.8, 4) is 5.75 Å². The smallest absolute Gasteiger partial charge is 0.265 e. The van der Waals surface area contributed by atoms with E-state index in [9.17, 15) is 4.79 Å². The van der Waals surface area contributed by atoms with Gasteiger partial charge in [-0.1, -0.05) is 39.0 Å². The van der Waals surface area contributed by atoms with Crippen molar-refractivity contribution in [2.75, 3.05) is 11.6 Å². The molecule has 0 radical (unpaired) electrons. The maximum Gasteiger partial charge on any atom is 0.265 e. The third-order valence-corrected chi connectivity index (χ3v) is 4.47. The zero-order valence-corrected chi connectivity index (χ0v) is 15.7. The first-order valence-electron chi connectivity index (χ1n) is 8.02. The predicted molar refractivity (Wildman–Crippen MR) is 102 cm³/mol. The van der Waals surface area contributed by atoms with E-state index in [1.165, 1.54) is 0 Å². The van der Waals surface area contributed by atoms with Gasteiger partial charge in [0.1, 0.15) is 5.75 Å². The lowest BCUT2D eigenvalue weighted by Gasteiger charge is -2.24. The average molecular weight is 343 g/mol. The molecule has 1 unspecified atom stereocenters. The van der Waals surface area contributed by atoms with E-state index in [2.05, 4.69) is 26.1 Å². The van der Waals surface area contributed by atoms with E-state index in [4.69, 9.17) is 4.74 Å². The Bertz CT molecular complexity index is 690. The summed E-state index contributed by atoms with van der Waals surface area (Å²) in [5, 5.41) is 2.90. The molecule has 0 heterocycles. The summed E-state index contributed by atoms with van der Waals surface area (Å²) < 4.78 is 5.93. The van der Waals surface area contributed by atoms with Gasteiger partial charge in [-0.15, -0.1) is 11.8 Å². The highest BCUT2D eigenvalue weighted by atomic mass is 32.2. The molecule has 0 fully saturated rings. The first-order chi connectivity index (χ1) is 11.3. The summed E-state index contributed by atoms with van der Waals surface area (Å²) >= 11 is 1.67. The van der Waals surface area contributed by atoms with Crippen molar-refractivity contribution in [2.45, 2.75) is 44.1 Å². The quantitative estimate of drug-likeness (QED) is 0.767. The minimum absolute atomic E-state index is 0.0412. The van der Waals surface area contributed by atoms with E-state index in [-0.39, 0.29) is 11.3 Å². The van der Waals surface area contributed by atoms with Gasteiger partial charge in [0.2, 0.25) is 0 Å². The molecule has 4 heteroatoms. The van der Waals surface area contributed by atoms with Crippen LogP contribution in [-0.4, -0.2) is 18.3 Å². The number of carbonyl (C=O) groups excluding carboxylic acids is 1. The molecule has 1 N–H and O–H groups in total. The zero-order valence-electron chi connectivity index (χ0n) is 14.9. The molecule has 1 amide bonds. The molecular formula is C20H25NO2S. The number of para-hydroxylation sites is 1. The lowest BCUT2D eigenvalue weighted by Crippen LogP contribution is -2.31. The summed E-state index contributed by atoms with van der Waals surface area (Å²) in [5.74, 6) is 0.598. The van der Waals surface area contributed by atoms with Crippen molar-refractivity contribution >= 4 is 23.4 Å². The van der Waals surface area contributed by atoms with Crippen LogP contribution in [0.25, 0.3) is 0 Å². The fraction of sp³-hybridized carbons (Fsp3) is 0.350. The number of rotatable bonds is 5. The molecular weight excluding hydrogens is 318 g/mol. The van der Waals surface area contributed by atoms with Gasteiger partial charge in [0.25, 0.3) is 5.91 Å². The van der Waals surface area contributed by atoms with Crippen molar-refractivity contribution in [1.82, 2.24) is 0 Å². The van der Waals surface area contributed by atoms with E-state index < -0.39 is 6.10 Å². The predicted octanol–water partition coefficient (Wildman–Crippen LogP) is 5.11. The number of hydrogen-bond donors (Lipinski definition) is 1. The summed E-state index contributed by atoms with van der Waals surface area (Å²) in [6.45, 7) is 8.17. The molecule has 1 atom stereocenters. The van der Waals surface area contributed by atoms with Crippen LogP contribution in [0.2, 0.25) is 0 Å². The Labute approximate surface area is 148 Å². The molecule has 0 spiro atoms. The fourth-order valence-electron chi connectivity index (χ4n) is 2.35. The SMILES string of the molecule is CSc1ccc(NC(=O)C(C)Oc2ccccc2C(C)(C)C)cc1. The Morgan fingerprint density at radius 3 is 2.29 bits per heavy atom. The molecule has 24 heavy (non-hydrogen) atoms. The average Bonchev–Trinajstić information content (AvgIpc) is 2.55. The monoisotopic (exact) mass is 343 g/mol. The number of thioether (sulfide) groups is 1. The van der Waals surface area contributed by atoms with Crippen LogP contribution in [0.15, 0.2) is 53.4 Å². The zero-order chi connectivity index (χ0) is 17.7. The molecule has 0 aliphatic carbocycles. The van der Waals surface area contributed by atoms with Crippen molar-refractivity contribution in [2.24, 2.45) is 0 Å². The minimum Gasteiger partial charge on any atom is -0.481 e. The topological polar surface area (TPSA) is 38.3 Å². The second kappa shape index (κ2) is 7.75. The van der Waals surface area contributed by atoms with Crippen LogP contribution in [0, 0.1) is 0 Å². The van der Waals surface area contributed by atoms with Crippen LogP contribution in [0.4, 0.5) is 5.69 Å². The maximum atomic E-state index is 12.4. The molecule has 2 rings (SSSR count). The van der Waals surface area contributed by atoms with Gasteiger partial charge in [-0.3, -0.25) is 4.79 Å². The molecule has 128 valence electrons. The summed E-state index contributed by atoms with van der Waals surface area (Å²) in [6.07, 6.45) is 1.45. The van der Waals surface area contributed by atoms with Gasteiger partial charge in [-0.05, 0) is 54.5 Å². The Morgan fingerprint density at radius 1 is 1.08 bits per heavy atom. The van der Waals surface area contributed by atoms with Gasteiger partial charge in [0.05, 0.1) is 0 Å². The lowest BCUT2D eigenvalue weighted by atomic mass is 9.86. The highest BCUT2D eigenvalue weighted by Gasteiger charge is 2.22. The van der Waals surface area contributed by atoms with Crippen molar-refractivity contribution in [3.63, 3.8) is 0 Å². The van der Waals surface area contributed by atoms with Crippen molar-refractivity contribution in [1.29, 1.82) is 0 Å². The van der Waals surface area contributed by atoms with Crippen LogP contribution in [0.1, 0.15) is 33.3 Å². The molecule has 3 nitrogen and oxygen atoms in total. The van der Waals surface area contributed by atoms with Gasteiger partial charge in [0.15, 0.2) is 6.10 Å². The highest BCUT2D eigenvalue weighted by Crippen LogP contribution is 2.31. The van der Waals surface area contributed by atoms with Crippen molar-refractivity contribution in [3.05, 3.63) is 54.1 Å². The molecule has 0 bridgehead atoms. The minimum atomic E-state index is -0.575. The number of amides is 1. The molecule has 0 saturated heterocycles. The normalized spacial score (nSPS) is 12.5. The maximum absolute atomic E-state index is 12.4. The molecule has 2 aromatic rings. The molecule has 2 aromatic carbocycles. The number of anilines is 1. The highest BCUT2D eigenvalue weighted by molar-refractivity contribution is 7.98. The molecule has 0 aliphatic heterocycles.